The fourth-order valence-electron chi connectivity index (χ4n) is 5.42. The lowest BCUT2D eigenvalue weighted by molar-refractivity contribution is -0.384. The zero-order chi connectivity index (χ0) is 44.9. The van der Waals surface area contributed by atoms with Crippen LogP contribution in [0.1, 0.15) is 52.5 Å². The quantitative estimate of drug-likeness (QED) is 0.0213. The van der Waals surface area contributed by atoms with E-state index in [0.29, 0.717) is 22.5 Å². The molecule has 0 spiro atoms. The Morgan fingerprint density at radius 3 is 2.21 bits per heavy atom. The van der Waals surface area contributed by atoms with Gasteiger partial charge >= 0.3 is 12.2 Å². The van der Waals surface area contributed by atoms with Crippen LogP contribution in [0, 0.1) is 21.4 Å². The highest BCUT2D eigenvalue weighted by Gasteiger charge is 2.34. The number of non-ortho nitro benzene ring substituents is 1. The van der Waals surface area contributed by atoms with E-state index in [1.165, 1.54) is 41.3 Å². The molecule has 326 valence electrons. The first-order valence-electron chi connectivity index (χ1n) is 18.8. The van der Waals surface area contributed by atoms with E-state index in [0.717, 1.165) is 6.26 Å². The summed E-state index contributed by atoms with van der Waals surface area (Å²) >= 11 is 0. The summed E-state index contributed by atoms with van der Waals surface area (Å²) in [6.45, 7) is 7.11. The van der Waals surface area contributed by atoms with Gasteiger partial charge in [0.1, 0.15) is 30.1 Å². The Morgan fingerprint density at radius 1 is 0.967 bits per heavy atom. The van der Waals surface area contributed by atoms with Crippen molar-refractivity contribution < 1.29 is 46.8 Å². The minimum Gasteiger partial charge on any atom is -0.429 e. The van der Waals surface area contributed by atoms with E-state index < -0.39 is 68.1 Å². The highest BCUT2D eigenvalue weighted by Crippen LogP contribution is 2.24. The number of hydrogen-bond donors (Lipinski definition) is 5. The molecule has 0 aliphatic heterocycles. The Kier molecular flexibility index (Phi) is 15.9. The monoisotopic (exact) mass is 865 g/mol. The van der Waals surface area contributed by atoms with Crippen molar-refractivity contribution in [1.29, 1.82) is 0 Å². The van der Waals surface area contributed by atoms with Crippen LogP contribution >= 0.6 is 0 Å². The number of hydrogen-bond acceptors (Lipinski definition) is 15. The summed E-state index contributed by atoms with van der Waals surface area (Å²) in [6.07, 6.45) is 4.87. The number of ether oxygens (including phenoxy) is 2. The third-order valence-corrected chi connectivity index (χ3v) is 9.91. The smallest absolute Gasteiger partial charge is 0.429 e. The summed E-state index contributed by atoms with van der Waals surface area (Å²) in [5.74, 6) is -1.96. The van der Waals surface area contributed by atoms with Crippen molar-refractivity contribution >= 4 is 51.1 Å². The van der Waals surface area contributed by atoms with Crippen LogP contribution in [0.25, 0.3) is 11.3 Å². The van der Waals surface area contributed by atoms with Gasteiger partial charge in [0.15, 0.2) is 0 Å². The maximum atomic E-state index is 13.7. The van der Waals surface area contributed by atoms with Gasteiger partial charge in [-0.3, -0.25) is 29.2 Å². The van der Waals surface area contributed by atoms with Gasteiger partial charge in [-0.2, -0.15) is 0 Å². The van der Waals surface area contributed by atoms with E-state index in [-0.39, 0.29) is 55.6 Å². The number of nitrogens with two attached hydrogens (primary N) is 1. The molecular weight excluding hydrogens is 819 g/mol. The molecule has 23 heteroatoms. The van der Waals surface area contributed by atoms with Crippen molar-refractivity contribution in [3.05, 3.63) is 82.8 Å². The molecule has 6 N–H and O–H groups in total. The number of aromatic nitrogens is 5. The van der Waals surface area contributed by atoms with Gasteiger partial charge in [-0.15, -0.1) is 5.10 Å². The van der Waals surface area contributed by atoms with Crippen LogP contribution in [0.3, 0.4) is 0 Å². The molecule has 2 aromatic heterocycles. The van der Waals surface area contributed by atoms with Gasteiger partial charge in [0.05, 0.1) is 11.1 Å². The van der Waals surface area contributed by atoms with Crippen LogP contribution in [0.4, 0.5) is 21.0 Å². The summed E-state index contributed by atoms with van der Waals surface area (Å²) in [5.41, 5.74) is 5.75. The highest BCUT2D eigenvalue weighted by atomic mass is 32.2. The molecule has 4 aromatic rings. The van der Waals surface area contributed by atoms with E-state index in [1.807, 2.05) is 0 Å². The number of aryl methyl sites for hydroxylation is 1. The van der Waals surface area contributed by atoms with Crippen LogP contribution in [0.2, 0.25) is 0 Å². The number of primary amides is 1. The molecule has 0 radical (unpaired) electrons. The second-order valence-corrected chi connectivity index (χ2v) is 16.7. The van der Waals surface area contributed by atoms with Gasteiger partial charge in [-0.1, -0.05) is 45.0 Å². The second kappa shape index (κ2) is 20.8. The van der Waals surface area contributed by atoms with E-state index in [2.05, 4.69) is 41.5 Å². The number of benzene rings is 2. The molecule has 2 heterocycles. The normalized spacial score (nSPS) is 12.4. The summed E-state index contributed by atoms with van der Waals surface area (Å²) in [6, 6.07) is 8.27. The zero-order valence-electron chi connectivity index (χ0n) is 34.0. The number of rotatable bonds is 20. The highest BCUT2D eigenvalue weighted by molar-refractivity contribution is 7.90. The number of nitrogens with zero attached hydrogens (tertiary/aromatic N) is 6. The van der Waals surface area contributed by atoms with E-state index in [9.17, 15) is 42.5 Å². The maximum absolute atomic E-state index is 13.7. The molecule has 2 aromatic carbocycles. The second-order valence-electron chi connectivity index (χ2n) is 14.8. The van der Waals surface area contributed by atoms with Crippen molar-refractivity contribution in [3.63, 3.8) is 0 Å². The molecule has 5 amide bonds. The topological polar surface area (TPSA) is 312 Å². The molecule has 0 aliphatic rings. The lowest BCUT2D eigenvalue weighted by Crippen LogP contribution is -2.56. The first-order valence-corrected chi connectivity index (χ1v) is 20.7. The first-order chi connectivity index (χ1) is 28.7. The number of nitro benzene ring substituents is 1. The maximum Gasteiger partial charge on any atom is 0.514 e. The van der Waals surface area contributed by atoms with Crippen LogP contribution in [0.15, 0.2) is 72.3 Å². The summed E-state index contributed by atoms with van der Waals surface area (Å²) in [4.78, 5) is 82.2. The fourth-order valence-corrected chi connectivity index (χ4v) is 5.91. The number of sulfone groups is 1. The van der Waals surface area contributed by atoms with Gasteiger partial charge in [0.25, 0.3) is 5.69 Å². The minimum absolute atomic E-state index is 0.0539. The number of carbonyl (C=O) groups is 5. The molecule has 0 aliphatic carbocycles. The predicted octanol–water partition coefficient (Wildman–Crippen LogP) is 2.89. The molecule has 0 bridgehead atoms. The number of anilines is 1. The van der Waals surface area contributed by atoms with Crippen LogP contribution in [-0.4, -0.2) is 93.1 Å². The number of amides is 5. The largest absolute Gasteiger partial charge is 0.514 e. The summed E-state index contributed by atoms with van der Waals surface area (Å²) < 4.78 is 35.0. The number of nitro groups is 1. The van der Waals surface area contributed by atoms with Crippen molar-refractivity contribution in [3.8, 4) is 17.0 Å². The van der Waals surface area contributed by atoms with E-state index >= 15 is 0 Å². The van der Waals surface area contributed by atoms with Gasteiger partial charge < -0.3 is 36.5 Å². The van der Waals surface area contributed by atoms with Gasteiger partial charge in [-0.25, -0.2) is 28.0 Å². The SMILES string of the molecule is CC(C)[C@H](NC(=O)C(C)(C)CCn1cc(-c2cnc(S(C)(=O)=O)nc2)nn1)C(=O)N[C@@H](CCCNC(N)=O)C(=O)Nc1ccc(COC(=O)Oc2ccc([N+](=O)[O-])cc2)cc1. The standard InChI is InChI=1S/C38H47N11O11S/c1-23(2)31(45-34(52)38(3,4)16-18-48-21-30(46-47-48)25-19-41-36(42-20-25)61(5,57)58)33(51)44-29(7-6-17-40-35(39)53)32(50)43-26-10-8-24(9-11-26)22-59-37(54)60-28-14-12-27(13-15-28)49(55)56/h8-15,19-21,23,29,31H,6-7,16-18,22H2,1-5H3,(H,43,50)(H,44,51)(H,45,52)(H3,39,40,53)/t29-,31-/m0/s1. The van der Waals surface area contributed by atoms with Crippen LogP contribution < -0.4 is 31.7 Å². The third kappa shape index (κ3) is 14.3. The van der Waals surface area contributed by atoms with Gasteiger partial charge in [-0.05, 0) is 55.0 Å². The van der Waals surface area contributed by atoms with Crippen LogP contribution in [0.5, 0.6) is 5.75 Å². The molecule has 0 saturated carbocycles. The van der Waals surface area contributed by atoms with E-state index in [1.54, 1.807) is 58.2 Å². The Balaban J connectivity index is 1.34. The van der Waals surface area contributed by atoms with Crippen molar-refractivity contribution in [2.45, 2.75) is 77.3 Å². The van der Waals surface area contributed by atoms with Gasteiger partial charge in [0.2, 0.25) is 32.7 Å². The Morgan fingerprint density at radius 2 is 1.62 bits per heavy atom. The lowest BCUT2D eigenvalue weighted by atomic mass is 9.87. The first kappa shape index (κ1) is 46.6. The Hall–Kier alpha value is -7.04. The number of nitrogens with one attached hydrogen (secondary N) is 4. The average Bonchev–Trinajstić information content (AvgIpc) is 3.69. The van der Waals surface area contributed by atoms with Crippen molar-refractivity contribution in [1.82, 2.24) is 40.9 Å². The number of carbonyl (C=O) groups excluding carboxylic acids is 5. The Labute approximate surface area is 350 Å². The van der Waals surface area contributed by atoms with Gasteiger partial charge in [0, 0.05) is 60.5 Å². The molecule has 4 rings (SSSR count). The Bertz CT molecular complexity index is 2300. The average molecular weight is 866 g/mol. The van der Waals surface area contributed by atoms with Crippen molar-refractivity contribution in [2.75, 3.05) is 18.1 Å². The fraction of sp³-hybridized carbons (Fsp3) is 0.395. The van der Waals surface area contributed by atoms with Crippen molar-refractivity contribution in [2.24, 2.45) is 17.1 Å². The summed E-state index contributed by atoms with van der Waals surface area (Å²) in [7, 11) is -3.58. The molecule has 0 unspecified atom stereocenters. The van der Waals surface area contributed by atoms with E-state index in [4.69, 9.17) is 15.2 Å². The summed E-state index contributed by atoms with van der Waals surface area (Å²) in [5, 5.41) is 29.4. The lowest BCUT2D eigenvalue weighted by Gasteiger charge is -2.30. The molecular formula is C38H47N11O11S. The zero-order valence-corrected chi connectivity index (χ0v) is 34.8. The number of urea groups is 1. The third-order valence-electron chi connectivity index (χ3n) is 9.04. The molecule has 0 saturated heterocycles. The molecule has 61 heavy (non-hydrogen) atoms. The molecule has 2 atom stereocenters. The molecule has 0 fully saturated rings. The van der Waals surface area contributed by atoms with Crippen LogP contribution in [-0.2, 0) is 42.1 Å². The molecule has 22 nitrogen and oxygen atoms in total. The predicted molar refractivity (Wildman–Crippen MR) is 217 cm³/mol. The minimum atomic E-state index is -3.58.